The molecule has 0 saturated heterocycles. The molecule has 1 atom stereocenters. The summed E-state index contributed by atoms with van der Waals surface area (Å²) in [6.45, 7) is 4.21. The van der Waals surface area contributed by atoms with Crippen LogP contribution >= 0.6 is 0 Å². The predicted molar refractivity (Wildman–Crippen MR) is 86.0 cm³/mol. The first-order valence-corrected chi connectivity index (χ1v) is 7.11. The normalized spacial score (nSPS) is 11.8. The van der Waals surface area contributed by atoms with Gasteiger partial charge >= 0.3 is 0 Å². The van der Waals surface area contributed by atoms with Crippen LogP contribution in [0.15, 0.2) is 30.6 Å². The molecule has 0 bridgehead atoms. The largest absolute Gasteiger partial charge is 0.497 e. The minimum atomic E-state index is 0.154. The summed E-state index contributed by atoms with van der Waals surface area (Å²) in [5.41, 5.74) is 2.28. The van der Waals surface area contributed by atoms with Crippen LogP contribution in [-0.4, -0.2) is 24.1 Å². The molecular formula is C16H22N4O. The number of anilines is 2. The van der Waals surface area contributed by atoms with Gasteiger partial charge in [-0.2, -0.15) is 0 Å². The smallest absolute Gasteiger partial charge is 0.135 e. The lowest BCUT2D eigenvalue weighted by molar-refractivity contribution is 0.414. The minimum Gasteiger partial charge on any atom is -0.497 e. The predicted octanol–water partition coefficient (Wildman–Crippen LogP) is 3.26. The maximum absolute atomic E-state index is 5.18. The number of benzene rings is 1. The van der Waals surface area contributed by atoms with Gasteiger partial charge in [-0.15, -0.1) is 0 Å². The van der Waals surface area contributed by atoms with Gasteiger partial charge < -0.3 is 15.4 Å². The number of methoxy groups -OCH3 is 1. The molecule has 0 saturated carbocycles. The van der Waals surface area contributed by atoms with Crippen molar-refractivity contribution in [3.63, 3.8) is 0 Å². The van der Waals surface area contributed by atoms with E-state index in [-0.39, 0.29) is 6.04 Å². The molecule has 0 aliphatic carbocycles. The van der Waals surface area contributed by atoms with Crippen molar-refractivity contribution < 1.29 is 4.74 Å². The molecule has 0 aliphatic rings. The third-order valence-corrected chi connectivity index (χ3v) is 3.50. The van der Waals surface area contributed by atoms with Gasteiger partial charge in [0, 0.05) is 18.7 Å². The average Bonchev–Trinajstić information content (AvgIpc) is 2.54. The highest BCUT2D eigenvalue weighted by molar-refractivity contribution is 5.57. The molecule has 2 aromatic rings. The Morgan fingerprint density at radius 1 is 1.14 bits per heavy atom. The molecule has 1 unspecified atom stereocenters. The molecule has 1 aromatic heterocycles. The number of hydrogen-bond acceptors (Lipinski definition) is 5. The van der Waals surface area contributed by atoms with E-state index < -0.39 is 0 Å². The second-order valence-electron chi connectivity index (χ2n) is 4.79. The number of nitrogens with zero attached hydrogens (tertiary/aromatic N) is 2. The molecule has 112 valence electrons. The lowest BCUT2D eigenvalue weighted by atomic mass is 10.1. The Morgan fingerprint density at radius 2 is 1.81 bits per heavy atom. The van der Waals surface area contributed by atoms with Gasteiger partial charge in [0.1, 0.15) is 23.7 Å². The van der Waals surface area contributed by atoms with Gasteiger partial charge in [0.15, 0.2) is 0 Å². The first kappa shape index (κ1) is 15.1. The van der Waals surface area contributed by atoms with E-state index in [2.05, 4.69) is 46.6 Å². The van der Waals surface area contributed by atoms with Gasteiger partial charge in [-0.05, 0) is 31.0 Å². The molecule has 21 heavy (non-hydrogen) atoms. The van der Waals surface area contributed by atoms with E-state index in [0.29, 0.717) is 0 Å². The Hall–Kier alpha value is -2.30. The molecule has 0 fully saturated rings. The molecule has 5 heteroatoms. The van der Waals surface area contributed by atoms with Crippen LogP contribution in [0.4, 0.5) is 11.6 Å². The summed E-state index contributed by atoms with van der Waals surface area (Å²) >= 11 is 0. The Labute approximate surface area is 125 Å². The van der Waals surface area contributed by atoms with Crippen molar-refractivity contribution >= 4 is 11.6 Å². The van der Waals surface area contributed by atoms with E-state index in [1.807, 2.05) is 19.2 Å². The van der Waals surface area contributed by atoms with Crippen molar-refractivity contribution in [2.45, 2.75) is 26.3 Å². The van der Waals surface area contributed by atoms with Crippen LogP contribution in [-0.2, 0) is 6.42 Å². The molecule has 0 radical (unpaired) electrons. The van der Waals surface area contributed by atoms with E-state index >= 15 is 0 Å². The maximum atomic E-state index is 5.18. The SMILES string of the molecule is CCc1c(NC)ncnc1NC(C)c1ccc(OC)cc1. The van der Waals surface area contributed by atoms with Crippen LogP contribution in [0.1, 0.15) is 31.0 Å². The Bertz CT molecular complexity index is 583. The van der Waals surface area contributed by atoms with Gasteiger partial charge in [-0.1, -0.05) is 19.1 Å². The third kappa shape index (κ3) is 3.42. The van der Waals surface area contributed by atoms with Crippen molar-refractivity contribution in [1.29, 1.82) is 0 Å². The Kier molecular flexibility index (Phi) is 4.98. The zero-order valence-electron chi connectivity index (χ0n) is 13.0. The number of rotatable bonds is 6. The van der Waals surface area contributed by atoms with Crippen molar-refractivity contribution in [2.24, 2.45) is 0 Å². The molecule has 0 aliphatic heterocycles. The van der Waals surface area contributed by atoms with Crippen molar-refractivity contribution in [2.75, 3.05) is 24.8 Å². The summed E-state index contributed by atoms with van der Waals surface area (Å²) in [6.07, 6.45) is 2.45. The average molecular weight is 286 g/mol. The van der Waals surface area contributed by atoms with E-state index in [1.165, 1.54) is 5.56 Å². The first-order valence-electron chi connectivity index (χ1n) is 7.11. The molecule has 1 heterocycles. The highest BCUT2D eigenvalue weighted by atomic mass is 16.5. The van der Waals surface area contributed by atoms with Crippen LogP contribution in [0.2, 0.25) is 0 Å². The zero-order chi connectivity index (χ0) is 15.2. The third-order valence-electron chi connectivity index (χ3n) is 3.50. The first-order chi connectivity index (χ1) is 10.2. The molecular weight excluding hydrogens is 264 g/mol. The van der Waals surface area contributed by atoms with Gasteiger partial charge in [0.25, 0.3) is 0 Å². The fourth-order valence-electron chi connectivity index (χ4n) is 2.27. The standard InChI is InChI=1S/C16H22N4O/c1-5-14-15(17-3)18-10-19-16(14)20-11(2)12-6-8-13(21-4)9-7-12/h6-11H,5H2,1-4H3,(H2,17,18,19,20). The van der Waals surface area contributed by atoms with Crippen LogP contribution in [0.25, 0.3) is 0 Å². The zero-order valence-corrected chi connectivity index (χ0v) is 13.0. The quantitative estimate of drug-likeness (QED) is 0.853. The van der Waals surface area contributed by atoms with Crippen molar-refractivity contribution in [3.8, 4) is 5.75 Å². The summed E-state index contributed by atoms with van der Waals surface area (Å²) in [7, 11) is 3.54. The fourth-order valence-corrected chi connectivity index (χ4v) is 2.27. The highest BCUT2D eigenvalue weighted by Crippen LogP contribution is 2.25. The van der Waals surface area contributed by atoms with Gasteiger partial charge in [-0.25, -0.2) is 9.97 Å². The number of hydrogen-bond donors (Lipinski definition) is 2. The topological polar surface area (TPSA) is 59.1 Å². The monoisotopic (exact) mass is 286 g/mol. The number of nitrogens with one attached hydrogen (secondary N) is 2. The lowest BCUT2D eigenvalue weighted by Crippen LogP contribution is -2.12. The molecule has 2 rings (SSSR count). The van der Waals surface area contributed by atoms with E-state index in [9.17, 15) is 0 Å². The summed E-state index contributed by atoms with van der Waals surface area (Å²) < 4.78 is 5.18. The number of aromatic nitrogens is 2. The number of ether oxygens (including phenoxy) is 1. The van der Waals surface area contributed by atoms with Crippen LogP contribution in [0.3, 0.4) is 0 Å². The summed E-state index contributed by atoms with van der Waals surface area (Å²) in [6, 6.07) is 8.20. The summed E-state index contributed by atoms with van der Waals surface area (Å²) in [5.74, 6) is 2.61. The van der Waals surface area contributed by atoms with Crippen molar-refractivity contribution in [3.05, 3.63) is 41.7 Å². The molecule has 0 spiro atoms. The molecule has 2 N–H and O–H groups in total. The Balaban J connectivity index is 2.20. The molecule has 1 aromatic carbocycles. The van der Waals surface area contributed by atoms with E-state index in [1.54, 1.807) is 13.4 Å². The maximum Gasteiger partial charge on any atom is 0.135 e. The second kappa shape index (κ2) is 6.92. The highest BCUT2D eigenvalue weighted by Gasteiger charge is 2.12. The van der Waals surface area contributed by atoms with Gasteiger partial charge in [-0.3, -0.25) is 0 Å². The summed E-state index contributed by atoms with van der Waals surface area (Å²) in [5, 5.41) is 6.57. The van der Waals surface area contributed by atoms with Crippen LogP contribution in [0, 0.1) is 0 Å². The lowest BCUT2D eigenvalue weighted by Gasteiger charge is -2.18. The molecule has 5 nitrogen and oxygen atoms in total. The Morgan fingerprint density at radius 3 is 2.38 bits per heavy atom. The summed E-state index contributed by atoms with van der Waals surface area (Å²) in [4.78, 5) is 8.62. The van der Waals surface area contributed by atoms with Crippen LogP contribution < -0.4 is 15.4 Å². The van der Waals surface area contributed by atoms with Gasteiger partial charge in [0.2, 0.25) is 0 Å². The van der Waals surface area contributed by atoms with Crippen molar-refractivity contribution in [1.82, 2.24) is 9.97 Å². The second-order valence-corrected chi connectivity index (χ2v) is 4.79. The minimum absolute atomic E-state index is 0.154. The van der Waals surface area contributed by atoms with Gasteiger partial charge in [0.05, 0.1) is 7.11 Å². The molecule has 0 amide bonds. The van der Waals surface area contributed by atoms with E-state index in [4.69, 9.17) is 4.74 Å². The van der Waals surface area contributed by atoms with E-state index in [0.717, 1.165) is 29.4 Å². The fraction of sp³-hybridized carbons (Fsp3) is 0.375. The van der Waals surface area contributed by atoms with Crippen LogP contribution in [0.5, 0.6) is 5.75 Å².